The van der Waals surface area contributed by atoms with Gasteiger partial charge in [-0.1, -0.05) is 0 Å². The highest BCUT2D eigenvalue weighted by molar-refractivity contribution is 5.29. The van der Waals surface area contributed by atoms with Gasteiger partial charge in [-0.05, 0) is 38.0 Å². The van der Waals surface area contributed by atoms with Gasteiger partial charge >= 0.3 is 0 Å². The van der Waals surface area contributed by atoms with Crippen molar-refractivity contribution in [2.24, 2.45) is 5.41 Å². The molecule has 0 radical (unpaired) electrons. The quantitative estimate of drug-likeness (QED) is 0.788. The average molecular weight is 221 g/mol. The average Bonchev–Trinajstić information content (AvgIpc) is 2.55. The maximum absolute atomic E-state index is 5.71. The van der Waals surface area contributed by atoms with Crippen LogP contribution in [0.25, 0.3) is 0 Å². The molecular formula is C12H19N3O. The molecule has 1 spiro atoms. The van der Waals surface area contributed by atoms with Gasteiger partial charge in [0, 0.05) is 25.0 Å². The van der Waals surface area contributed by atoms with Crippen molar-refractivity contribution in [2.75, 3.05) is 18.9 Å². The van der Waals surface area contributed by atoms with E-state index in [1.807, 2.05) is 6.07 Å². The van der Waals surface area contributed by atoms with Crippen LogP contribution in [0.4, 0.5) is 5.82 Å². The molecule has 1 aromatic heterocycles. The molecule has 0 aromatic carbocycles. The molecule has 16 heavy (non-hydrogen) atoms. The van der Waals surface area contributed by atoms with Gasteiger partial charge in [0.1, 0.15) is 5.82 Å². The lowest BCUT2D eigenvalue weighted by atomic mass is 9.61. The van der Waals surface area contributed by atoms with Crippen LogP contribution in [0.5, 0.6) is 0 Å². The molecule has 2 fully saturated rings. The largest absolute Gasteiger partial charge is 0.382 e. The Morgan fingerprint density at radius 1 is 1.44 bits per heavy atom. The van der Waals surface area contributed by atoms with Crippen LogP contribution in [-0.2, 0) is 4.74 Å². The van der Waals surface area contributed by atoms with Crippen molar-refractivity contribution in [1.29, 1.82) is 0 Å². The van der Waals surface area contributed by atoms with Gasteiger partial charge in [0.25, 0.3) is 0 Å². The van der Waals surface area contributed by atoms with Crippen molar-refractivity contribution in [3.8, 4) is 0 Å². The lowest BCUT2D eigenvalue weighted by Crippen LogP contribution is -2.43. The van der Waals surface area contributed by atoms with Gasteiger partial charge in [-0.15, -0.1) is 0 Å². The molecule has 4 heteroatoms. The molecule has 1 aliphatic carbocycles. The van der Waals surface area contributed by atoms with Crippen molar-refractivity contribution in [1.82, 2.24) is 9.78 Å². The first-order chi connectivity index (χ1) is 7.69. The summed E-state index contributed by atoms with van der Waals surface area (Å²) in [6.07, 6.45) is 4.94. The molecule has 2 heterocycles. The van der Waals surface area contributed by atoms with E-state index in [0.29, 0.717) is 17.3 Å². The van der Waals surface area contributed by atoms with E-state index in [0.717, 1.165) is 13.2 Å². The van der Waals surface area contributed by atoms with E-state index < -0.39 is 0 Å². The third kappa shape index (κ3) is 1.52. The number of nitrogens with zero attached hydrogens (tertiary/aromatic N) is 2. The van der Waals surface area contributed by atoms with Gasteiger partial charge in [0.15, 0.2) is 0 Å². The molecule has 4 nitrogen and oxygen atoms in total. The highest BCUT2D eigenvalue weighted by Crippen LogP contribution is 2.54. The molecule has 1 saturated heterocycles. The fourth-order valence-electron chi connectivity index (χ4n) is 3.21. The zero-order chi connectivity index (χ0) is 11.2. The second-order valence-corrected chi connectivity index (χ2v) is 5.33. The Balaban J connectivity index is 1.70. The molecule has 0 atom stereocenters. The zero-order valence-electron chi connectivity index (χ0n) is 9.78. The number of hydrogen-bond acceptors (Lipinski definition) is 3. The Kier molecular flexibility index (Phi) is 2.21. The molecule has 0 amide bonds. The monoisotopic (exact) mass is 221 g/mol. The first kappa shape index (κ1) is 10.1. The number of ether oxygens (including phenoxy) is 1. The number of nitrogens with two attached hydrogens (primary N) is 1. The van der Waals surface area contributed by atoms with E-state index in [1.165, 1.54) is 31.4 Å². The number of aromatic nitrogens is 2. The van der Waals surface area contributed by atoms with Gasteiger partial charge in [0.05, 0.1) is 6.04 Å². The lowest BCUT2D eigenvalue weighted by Gasteiger charge is -2.50. The molecule has 1 saturated carbocycles. The van der Waals surface area contributed by atoms with Crippen LogP contribution in [0.15, 0.2) is 6.07 Å². The van der Waals surface area contributed by atoms with E-state index in [4.69, 9.17) is 10.5 Å². The van der Waals surface area contributed by atoms with Crippen molar-refractivity contribution in [2.45, 2.75) is 38.6 Å². The Morgan fingerprint density at radius 2 is 2.12 bits per heavy atom. The van der Waals surface area contributed by atoms with E-state index in [-0.39, 0.29) is 0 Å². The van der Waals surface area contributed by atoms with Crippen LogP contribution in [0.2, 0.25) is 0 Å². The molecule has 1 aromatic rings. The number of hydrogen-bond donors (Lipinski definition) is 1. The molecule has 2 N–H and O–H groups in total. The van der Waals surface area contributed by atoms with Crippen LogP contribution in [0.3, 0.4) is 0 Å². The minimum absolute atomic E-state index is 0.552. The van der Waals surface area contributed by atoms with Crippen molar-refractivity contribution in [3.63, 3.8) is 0 Å². The summed E-state index contributed by atoms with van der Waals surface area (Å²) in [5.74, 6) is 0.644. The normalized spacial score (nSPS) is 24.6. The predicted octanol–water partition coefficient (Wildman–Crippen LogP) is 1.91. The number of aryl methyl sites for hydroxylation is 1. The fraction of sp³-hybridized carbons (Fsp3) is 0.750. The second kappa shape index (κ2) is 3.48. The number of anilines is 1. The molecule has 1 aliphatic heterocycles. The summed E-state index contributed by atoms with van der Waals surface area (Å²) in [6, 6.07) is 2.52. The minimum Gasteiger partial charge on any atom is -0.382 e. The second-order valence-electron chi connectivity index (χ2n) is 5.33. The van der Waals surface area contributed by atoms with Gasteiger partial charge in [-0.3, -0.25) is 4.68 Å². The molecule has 3 rings (SSSR count). The van der Waals surface area contributed by atoms with Crippen molar-refractivity contribution >= 4 is 5.82 Å². The molecular weight excluding hydrogens is 202 g/mol. The highest BCUT2D eigenvalue weighted by atomic mass is 16.5. The predicted molar refractivity (Wildman–Crippen MR) is 62.1 cm³/mol. The van der Waals surface area contributed by atoms with E-state index in [1.54, 1.807) is 0 Å². The summed E-state index contributed by atoms with van der Waals surface area (Å²) >= 11 is 0. The SMILES string of the molecule is Cc1cc(N)nn1C1CC2(CCOCC2)C1. The number of rotatable bonds is 1. The van der Waals surface area contributed by atoms with E-state index >= 15 is 0 Å². The van der Waals surface area contributed by atoms with E-state index in [2.05, 4.69) is 16.7 Å². The summed E-state index contributed by atoms with van der Waals surface area (Å²) in [4.78, 5) is 0. The van der Waals surface area contributed by atoms with Gasteiger partial charge in [0.2, 0.25) is 0 Å². The van der Waals surface area contributed by atoms with Crippen LogP contribution < -0.4 is 5.73 Å². The Labute approximate surface area is 95.8 Å². The van der Waals surface area contributed by atoms with E-state index in [9.17, 15) is 0 Å². The summed E-state index contributed by atoms with van der Waals surface area (Å²) in [7, 11) is 0. The maximum Gasteiger partial charge on any atom is 0.145 e. The lowest BCUT2D eigenvalue weighted by molar-refractivity contribution is -0.0571. The summed E-state index contributed by atoms with van der Waals surface area (Å²) in [5.41, 5.74) is 7.45. The van der Waals surface area contributed by atoms with Crippen LogP contribution in [-0.4, -0.2) is 23.0 Å². The Bertz CT molecular complexity index is 385. The number of nitrogen functional groups attached to an aromatic ring is 1. The topological polar surface area (TPSA) is 53.1 Å². The molecule has 0 bridgehead atoms. The molecule has 88 valence electrons. The summed E-state index contributed by atoms with van der Waals surface area (Å²) in [6.45, 7) is 3.96. The van der Waals surface area contributed by atoms with Crippen LogP contribution >= 0.6 is 0 Å². The van der Waals surface area contributed by atoms with Crippen molar-refractivity contribution < 1.29 is 4.74 Å². The smallest absolute Gasteiger partial charge is 0.145 e. The van der Waals surface area contributed by atoms with Crippen molar-refractivity contribution in [3.05, 3.63) is 11.8 Å². The first-order valence-corrected chi connectivity index (χ1v) is 6.08. The molecule has 2 aliphatic rings. The Morgan fingerprint density at radius 3 is 2.69 bits per heavy atom. The van der Waals surface area contributed by atoms with Crippen LogP contribution in [0.1, 0.15) is 37.4 Å². The van der Waals surface area contributed by atoms with Gasteiger partial charge < -0.3 is 10.5 Å². The zero-order valence-corrected chi connectivity index (χ0v) is 9.78. The van der Waals surface area contributed by atoms with Gasteiger partial charge in [-0.25, -0.2) is 0 Å². The third-order valence-electron chi connectivity index (χ3n) is 4.18. The highest BCUT2D eigenvalue weighted by Gasteiger charge is 2.46. The fourth-order valence-corrected chi connectivity index (χ4v) is 3.21. The standard InChI is InChI=1S/C12H19N3O/c1-9-6-11(13)14-15(9)10-7-12(8-10)2-4-16-5-3-12/h6,10H,2-5,7-8H2,1H3,(H2,13,14). The molecule has 0 unspecified atom stereocenters. The summed E-state index contributed by atoms with van der Waals surface area (Å²) < 4.78 is 7.53. The summed E-state index contributed by atoms with van der Waals surface area (Å²) in [5, 5.41) is 4.37. The third-order valence-corrected chi connectivity index (χ3v) is 4.18. The van der Waals surface area contributed by atoms with Crippen LogP contribution in [0, 0.1) is 12.3 Å². The Hall–Kier alpha value is -1.03. The first-order valence-electron chi connectivity index (χ1n) is 6.08. The minimum atomic E-state index is 0.552. The maximum atomic E-state index is 5.71. The van der Waals surface area contributed by atoms with Gasteiger partial charge in [-0.2, -0.15) is 5.10 Å².